The Morgan fingerprint density at radius 3 is 3.06 bits per heavy atom. The molecule has 2 rings (SSSR count). The van der Waals surface area contributed by atoms with Crippen LogP contribution in [0.4, 0.5) is 11.4 Å². The van der Waals surface area contributed by atoms with Gasteiger partial charge in [0.2, 0.25) is 5.91 Å². The molecule has 1 aromatic carbocycles. The number of para-hydroxylation sites is 2. The second-order valence-corrected chi connectivity index (χ2v) is 3.97. The van der Waals surface area contributed by atoms with Crippen molar-refractivity contribution in [2.75, 3.05) is 36.5 Å². The maximum atomic E-state index is 11.8. The molecular weight excluding hydrogens is 216 g/mol. The normalized spacial score (nSPS) is 14.4. The van der Waals surface area contributed by atoms with Crippen LogP contribution < -0.4 is 10.2 Å². The monoisotopic (exact) mass is 234 g/mol. The first-order valence-corrected chi connectivity index (χ1v) is 6.04. The number of nitrogens with one attached hydrogen (secondary N) is 1. The van der Waals surface area contributed by atoms with Crippen molar-refractivity contribution in [3.8, 4) is 0 Å². The van der Waals surface area contributed by atoms with Crippen LogP contribution >= 0.6 is 0 Å². The average molecular weight is 234 g/mol. The van der Waals surface area contributed by atoms with Crippen molar-refractivity contribution in [1.82, 2.24) is 0 Å². The molecule has 0 atom stereocenters. The lowest BCUT2D eigenvalue weighted by atomic mass is 10.2. The van der Waals surface area contributed by atoms with Crippen molar-refractivity contribution in [3.63, 3.8) is 0 Å². The third-order valence-corrected chi connectivity index (χ3v) is 2.80. The number of hydrogen-bond acceptors (Lipinski definition) is 3. The van der Waals surface area contributed by atoms with Gasteiger partial charge in [-0.15, -0.1) is 0 Å². The Hall–Kier alpha value is -1.55. The Morgan fingerprint density at radius 1 is 1.41 bits per heavy atom. The fraction of sp³-hybridized carbons (Fsp3) is 0.462. The Kier molecular flexibility index (Phi) is 3.98. The van der Waals surface area contributed by atoms with Crippen molar-refractivity contribution in [3.05, 3.63) is 24.3 Å². The highest BCUT2D eigenvalue weighted by atomic mass is 16.5. The van der Waals surface area contributed by atoms with Gasteiger partial charge < -0.3 is 15.0 Å². The molecule has 92 valence electrons. The van der Waals surface area contributed by atoms with E-state index in [0.29, 0.717) is 13.2 Å². The van der Waals surface area contributed by atoms with Crippen molar-refractivity contribution in [2.45, 2.75) is 13.3 Å². The van der Waals surface area contributed by atoms with Crippen LogP contribution in [-0.4, -0.2) is 32.2 Å². The maximum absolute atomic E-state index is 11.8. The largest absolute Gasteiger partial charge is 0.382 e. The minimum Gasteiger partial charge on any atom is -0.382 e. The third-order valence-electron chi connectivity index (χ3n) is 2.80. The van der Waals surface area contributed by atoms with E-state index in [0.717, 1.165) is 30.9 Å². The second kappa shape index (κ2) is 5.68. The molecule has 0 unspecified atom stereocenters. The Bertz CT molecular complexity index is 393. The zero-order chi connectivity index (χ0) is 12.1. The summed E-state index contributed by atoms with van der Waals surface area (Å²) in [5.41, 5.74) is 2.00. The van der Waals surface area contributed by atoms with Gasteiger partial charge in [-0.2, -0.15) is 0 Å². The molecule has 1 aliphatic rings. The molecule has 4 nitrogen and oxygen atoms in total. The van der Waals surface area contributed by atoms with Crippen molar-refractivity contribution >= 4 is 17.3 Å². The van der Waals surface area contributed by atoms with Gasteiger partial charge in [-0.3, -0.25) is 4.79 Å². The number of rotatable bonds is 5. The molecule has 17 heavy (non-hydrogen) atoms. The standard InChI is InChI=1S/C13H18N2O2/c1-2-17-9-5-8-15-12-7-4-3-6-11(12)14-10-13(15)16/h3-4,6-7,14H,2,5,8-10H2,1H3. The van der Waals surface area contributed by atoms with Gasteiger partial charge in [0.05, 0.1) is 17.9 Å². The number of benzene rings is 1. The average Bonchev–Trinajstić information content (AvgIpc) is 2.37. The molecule has 0 saturated heterocycles. The van der Waals surface area contributed by atoms with Gasteiger partial charge in [-0.25, -0.2) is 0 Å². The number of carbonyl (C=O) groups excluding carboxylic acids is 1. The van der Waals surface area contributed by atoms with Crippen LogP contribution in [0.25, 0.3) is 0 Å². The summed E-state index contributed by atoms with van der Waals surface area (Å²) < 4.78 is 5.29. The zero-order valence-corrected chi connectivity index (χ0v) is 10.1. The predicted octanol–water partition coefficient (Wildman–Crippen LogP) is 1.87. The Labute approximate surface area is 102 Å². The Balaban J connectivity index is 2.02. The van der Waals surface area contributed by atoms with Crippen molar-refractivity contribution < 1.29 is 9.53 Å². The van der Waals surface area contributed by atoms with Gasteiger partial charge in [-0.05, 0) is 25.5 Å². The summed E-state index contributed by atoms with van der Waals surface area (Å²) in [5, 5.41) is 3.12. The van der Waals surface area contributed by atoms with E-state index in [1.54, 1.807) is 0 Å². The molecule has 1 amide bonds. The SMILES string of the molecule is CCOCCCN1C(=O)CNc2ccccc21. The fourth-order valence-electron chi connectivity index (χ4n) is 1.97. The van der Waals surface area contributed by atoms with E-state index in [-0.39, 0.29) is 5.91 Å². The van der Waals surface area contributed by atoms with Crippen LogP contribution in [0.2, 0.25) is 0 Å². The molecule has 1 N–H and O–H groups in total. The van der Waals surface area contributed by atoms with Crippen LogP contribution in [0, 0.1) is 0 Å². The second-order valence-electron chi connectivity index (χ2n) is 3.97. The highest BCUT2D eigenvalue weighted by molar-refractivity contribution is 6.02. The van der Waals surface area contributed by atoms with Gasteiger partial charge in [-0.1, -0.05) is 12.1 Å². The molecule has 1 heterocycles. The van der Waals surface area contributed by atoms with Crippen molar-refractivity contribution in [1.29, 1.82) is 0 Å². The number of anilines is 2. The van der Waals surface area contributed by atoms with Crippen LogP contribution in [0.1, 0.15) is 13.3 Å². The minimum atomic E-state index is 0.125. The lowest BCUT2D eigenvalue weighted by molar-refractivity contribution is -0.117. The molecule has 0 radical (unpaired) electrons. The van der Waals surface area contributed by atoms with E-state index in [1.165, 1.54) is 0 Å². The summed E-state index contributed by atoms with van der Waals surface area (Å²) >= 11 is 0. The topological polar surface area (TPSA) is 41.6 Å². The predicted molar refractivity (Wildman–Crippen MR) is 68.4 cm³/mol. The van der Waals surface area contributed by atoms with E-state index >= 15 is 0 Å². The summed E-state index contributed by atoms with van der Waals surface area (Å²) in [5.74, 6) is 0.125. The van der Waals surface area contributed by atoms with Gasteiger partial charge in [0.25, 0.3) is 0 Å². The first kappa shape index (κ1) is 11.9. The zero-order valence-electron chi connectivity index (χ0n) is 10.1. The van der Waals surface area contributed by atoms with Crippen LogP contribution in [0.3, 0.4) is 0 Å². The van der Waals surface area contributed by atoms with Gasteiger partial charge in [0.1, 0.15) is 0 Å². The highest BCUT2D eigenvalue weighted by Crippen LogP contribution is 2.28. The van der Waals surface area contributed by atoms with Crippen LogP contribution in [-0.2, 0) is 9.53 Å². The molecule has 0 saturated carbocycles. The fourth-order valence-corrected chi connectivity index (χ4v) is 1.97. The van der Waals surface area contributed by atoms with E-state index in [1.807, 2.05) is 36.1 Å². The van der Waals surface area contributed by atoms with Gasteiger partial charge in [0, 0.05) is 19.8 Å². The molecule has 0 aliphatic carbocycles. The van der Waals surface area contributed by atoms with E-state index in [9.17, 15) is 4.79 Å². The number of ether oxygens (including phenoxy) is 1. The van der Waals surface area contributed by atoms with E-state index in [2.05, 4.69) is 5.32 Å². The summed E-state index contributed by atoms with van der Waals surface area (Å²) in [7, 11) is 0. The van der Waals surface area contributed by atoms with Crippen molar-refractivity contribution in [2.24, 2.45) is 0 Å². The molecule has 0 aromatic heterocycles. The third kappa shape index (κ3) is 2.77. The number of hydrogen-bond donors (Lipinski definition) is 1. The van der Waals surface area contributed by atoms with Crippen LogP contribution in [0.15, 0.2) is 24.3 Å². The summed E-state index contributed by atoms with van der Waals surface area (Å²) in [6.45, 7) is 4.51. The van der Waals surface area contributed by atoms with Gasteiger partial charge in [0.15, 0.2) is 0 Å². The minimum absolute atomic E-state index is 0.125. The molecule has 1 aromatic rings. The molecular formula is C13H18N2O2. The smallest absolute Gasteiger partial charge is 0.246 e. The molecule has 0 fully saturated rings. The van der Waals surface area contributed by atoms with Crippen LogP contribution in [0.5, 0.6) is 0 Å². The summed E-state index contributed by atoms with van der Waals surface area (Å²) in [4.78, 5) is 13.7. The van der Waals surface area contributed by atoms with E-state index < -0.39 is 0 Å². The molecule has 0 spiro atoms. The van der Waals surface area contributed by atoms with E-state index in [4.69, 9.17) is 4.74 Å². The molecule has 0 bridgehead atoms. The first-order valence-electron chi connectivity index (χ1n) is 6.04. The first-order chi connectivity index (χ1) is 8.33. The number of nitrogens with zero attached hydrogens (tertiary/aromatic N) is 1. The number of amides is 1. The lowest BCUT2D eigenvalue weighted by Crippen LogP contribution is -2.40. The van der Waals surface area contributed by atoms with Gasteiger partial charge >= 0.3 is 0 Å². The quantitative estimate of drug-likeness (QED) is 0.791. The molecule has 4 heteroatoms. The number of fused-ring (bicyclic) bond motifs is 1. The molecule has 1 aliphatic heterocycles. The summed E-state index contributed by atoms with van der Waals surface area (Å²) in [6.07, 6.45) is 0.869. The highest BCUT2D eigenvalue weighted by Gasteiger charge is 2.22. The Morgan fingerprint density at radius 2 is 2.24 bits per heavy atom. The lowest BCUT2D eigenvalue weighted by Gasteiger charge is -2.30. The maximum Gasteiger partial charge on any atom is 0.246 e. The number of carbonyl (C=O) groups is 1. The summed E-state index contributed by atoms with van der Waals surface area (Å²) in [6, 6.07) is 7.89.